The highest BCUT2D eigenvalue weighted by atomic mass is 16.5. The first-order valence-corrected chi connectivity index (χ1v) is 9.94. The Balaban J connectivity index is 1.41. The number of nitrogens with one attached hydrogen (secondary N) is 1. The summed E-state index contributed by atoms with van der Waals surface area (Å²) in [4.78, 5) is 24.3. The fourth-order valence-electron chi connectivity index (χ4n) is 4.63. The van der Waals surface area contributed by atoms with Crippen molar-refractivity contribution in [3.05, 3.63) is 29.3 Å². The van der Waals surface area contributed by atoms with E-state index < -0.39 is 0 Å². The number of aromatic amines is 1. The predicted octanol–water partition coefficient (Wildman–Crippen LogP) is 2.50. The number of nitrogens with zero attached hydrogens (tertiary/aromatic N) is 4. The van der Waals surface area contributed by atoms with Crippen molar-refractivity contribution in [3.63, 3.8) is 0 Å². The van der Waals surface area contributed by atoms with E-state index in [-0.39, 0.29) is 17.2 Å². The molecule has 1 N–H and O–H groups in total. The number of amides is 1. The molecule has 3 heterocycles. The lowest BCUT2D eigenvalue weighted by atomic mass is 9.62. The maximum atomic E-state index is 13.3. The van der Waals surface area contributed by atoms with Crippen LogP contribution in [-0.4, -0.2) is 58.3 Å². The van der Waals surface area contributed by atoms with E-state index in [2.05, 4.69) is 15.2 Å². The van der Waals surface area contributed by atoms with E-state index >= 15 is 0 Å². The van der Waals surface area contributed by atoms with Crippen LogP contribution in [0.1, 0.15) is 65.9 Å². The molecule has 1 unspecified atom stereocenters. The molecule has 1 aliphatic heterocycles. The number of carbonyl (C=O) groups is 1. The molecule has 0 radical (unpaired) electrons. The van der Waals surface area contributed by atoms with Crippen molar-refractivity contribution in [2.24, 2.45) is 5.41 Å². The Morgan fingerprint density at radius 1 is 1.21 bits per heavy atom. The standard InChI is InChI=1S/C20H25N5O3/c1-27-15-7-6-13(18(21-15)28-2)19(26)25-10-14(20(11-25)8-3-9-20)17-22-16(23-24-17)12-4-5-12/h6-7,12,14H,3-5,8-11H2,1-2H3,(H,22,23,24). The highest BCUT2D eigenvalue weighted by Crippen LogP contribution is 2.55. The zero-order valence-corrected chi connectivity index (χ0v) is 16.3. The van der Waals surface area contributed by atoms with Gasteiger partial charge >= 0.3 is 0 Å². The van der Waals surface area contributed by atoms with E-state index in [1.54, 1.807) is 19.2 Å². The van der Waals surface area contributed by atoms with Gasteiger partial charge in [-0.15, -0.1) is 0 Å². The molecule has 2 saturated carbocycles. The number of likely N-dealkylation sites (tertiary alicyclic amines) is 1. The van der Waals surface area contributed by atoms with Gasteiger partial charge in [-0.2, -0.15) is 10.1 Å². The maximum absolute atomic E-state index is 13.3. The second kappa shape index (κ2) is 6.46. The van der Waals surface area contributed by atoms with Crippen LogP contribution in [0.2, 0.25) is 0 Å². The second-order valence-corrected chi connectivity index (χ2v) is 8.22. The Morgan fingerprint density at radius 2 is 2.04 bits per heavy atom. The largest absolute Gasteiger partial charge is 0.481 e. The van der Waals surface area contributed by atoms with Crippen LogP contribution in [0, 0.1) is 5.41 Å². The third-order valence-electron chi connectivity index (χ3n) is 6.54. The van der Waals surface area contributed by atoms with Crippen LogP contribution < -0.4 is 9.47 Å². The normalized spacial score (nSPS) is 22.9. The Kier molecular flexibility index (Phi) is 4.03. The van der Waals surface area contributed by atoms with Crippen molar-refractivity contribution in [1.29, 1.82) is 0 Å². The summed E-state index contributed by atoms with van der Waals surface area (Å²) in [6.07, 6.45) is 5.82. The molecule has 3 aliphatic rings. The number of pyridine rings is 1. The molecule has 8 heteroatoms. The van der Waals surface area contributed by atoms with Gasteiger partial charge in [0.2, 0.25) is 11.8 Å². The fourth-order valence-corrected chi connectivity index (χ4v) is 4.63. The Morgan fingerprint density at radius 3 is 2.68 bits per heavy atom. The molecule has 28 heavy (non-hydrogen) atoms. The summed E-state index contributed by atoms with van der Waals surface area (Å²) in [5, 5.41) is 7.61. The molecule has 0 bridgehead atoms. The molecular weight excluding hydrogens is 358 g/mol. The quantitative estimate of drug-likeness (QED) is 0.853. The lowest BCUT2D eigenvalue weighted by molar-refractivity contribution is 0.0720. The molecule has 2 aliphatic carbocycles. The maximum Gasteiger partial charge on any atom is 0.259 e. The number of hydrogen-bond donors (Lipinski definition) is 1. The summed E-state index contributed by atoms with van der Waals surface area (Å²) in [6, 6.07) is 3.42. The van der Waals surface area contributed by atoms with Gasteiger partial charge in [-0.1, -0.05) is 6.42 Å². The Bertz CT molecular complexity index is 903. The molecule has 1 atom stereocenters. The van der Waals surface area contributed by atoms with Crippen LogP contribution in [0.25, 0.3) is 0 Å². The van der Waals surface area contributed by atoms with Gasteiger partial charge in [-0.05, 0) is 37.2 Å². The summed E-state index contributed by atoms with van der Waals surface area (Å²) in [5.74, 6) is 3.29. The molecule has 5 rings (SSSR count). The van der Waals surface area contributed by atoms with E-state index in [9.17, 15) is 4.79 Å². The average Bonchev–Trinajstić information content (AvgIpc) is 3.28. The van der Waals surface area contributed by atoms with Crippen molar-refractivity contribution >= 4 is 5.91 Å². The summed E-state index contributed by atoms with van der Waals surface area (Å²) in [7, 11) is 3.06. The van der Waals surface area contributed by atoms with Gasteiger partial charge in [-0.3, -0.25) is 9.89 Å². The second-order valence-electron chi connectivity index (χ2n) is 8.22. The van der Waals surface area contributed by atoms with Crippen molar-refractivity contribution < 1.29 is 14.3 Å². The highest BCUT2D eigenvalue weighted by molar-refractivity contribution is 5.96. The van der Waals surface area contributed by atoms with Crippen LogP contribution in [-0.2, 0) is 0 Å². The van der Waals surface area contributed by atoms with Gasteiger partial charge in [0.25, 0.3) is 5.91 Å². The molecule has 0 aromatic carbocycles. The number of methoxy groups -OCH3 is 2. The summed E-state index contributed by atoms with van der Waals surface area (Å²) < 4.78 is 10.5. The van der Waals surface area contributed by atoms with Gasteiger partial charge in [0.1, 0.15) is 11.4 Å². The Hall–Kier alpha value is -2.64. The fraction of sp³-hybridized carbons (Fsp3) is 0.600. The van der Waals surface area contributed by atoms with Crippen LogP contribution in [0.5, 0.6) is 11.8 Å². The zero-order chi connectivity index (χ0) is 19.3. The van der Waals surface area contributed by atoms with E-state index in [0.29, 0.717) is 29.8 Å². The molecule has 1 spiro atoms. The third kappa shape index (κ3) is 2.73. The number of rotatable bonds is 5. The van der Waals surface area contributed by atoms with Gasteiger partial charge in [0, 0.05) is 31.0 Å². The van der Waals surface area contributed by atoms with E-state index in [1.807, 2.05) is 4.90 Å². The highest BCUT2D eigenvalue weighted by Gasteiger charge is 2.53. The van der Waals surface area contributed by atoms with Crippen molar-refractivity contribution in [3.8, 4) is 11.8 Å². The lowest BCUT2D eigenvalue weighted by Crippen LogP contribution is -2.38. The summed E-state index contributed by atoms with van der Waals surface area (Å²) in [5.41, 5.74) is 0.582. The molecule has 8 nitrogen and oxygen atoms in total. The van der Waals surface area contributed by atoms with Crippen LogP contribution in [0.3, 0.4) is 0 Å². The van der Waals surface area contributed by atoms with Gasteiger partial charge in [0.15, 0.2) is 5.82 Å². The first kappa shape index (κ1) is 17.5. The number of carbonyl (C=O) groups excluding carboxylic acids is 1. The minimum atomic E-state index is -0.0530. The number of aromatic nitrogens is 4. The summed E-state index contributed by atoms with van der Waals surface area (Å²) in [6.45, 7) is 1.39. The minimum absolute atomic E-state index is 0.0530. The van der Waals surface area contributed by atoms with Crippen LogP contribution >= 0.6 is 0 Å². The van der Waals surface area contributed by atoms with Gasteiger partial charge in [-0.25, -0.2) is 4.98 Å². The van der Waals surface area contributed by atoms with Crippen molar-refractivity contribution in [2.45, 2.75) is 43.9 Å². The molecule has 3 fully saturated rings. The van der Waals surface area contributed by atoms with Crippen LogP contribution in [0.4, 0.5) is 0 Å². The van der Waals surface area contributed by atoms with E-state index in [4.69, 9.17) is 14.5 Å². The summed E-state index contributed by atoms with van der Waals surface area (Å²) >= 11 is 0. The van der Waals surface area contributed by atoms with E-state index in [1.165, 1.54) is 26.4 Å². The SMILES string of the molecule is COc1ccc(C(=O)N2CC(c3nc(C4CC4)n[nH]3)C3(CCC3)C2)c(OC)n1. The van der Waals surface area contributed by atoms with Crippen molar-refractivity contribution in [1.82, 2.24) is 25.1 Å². The van der Waals surface area contributed by atoms with Gasteiger partial charge in [0.05, 0.1) is 14.2 Å². The zero-order valence-electron chi connectivity index (χ0n) is 16.3. The number of H-pyrrole nitrogens is 1. The average molecular weight is 383 g/mol. The Labute approximate surface area is 163 Å². The third-order valence-corrected chi connectivity index (χ3v) is 6.54. The van der Waals surface area contributed by atoms with Crippen LogP contribution in [0.15, 0.2) is 12.1 Å². The monoisotopic (exact) mass is 383 g/mol. The van der Waals surface area contributed by atoms with Crippen molar-refractivity contribution in [2.75, 3.05) is 27.3 Å². The number of hydrogen-bond acceptors (Lipinski definition) is 6. The molecule has 2 aromatic rings. The molecule has 2 aromatic heterocycles. The molecule has 1 saturated heterocycles. The number of ether oxygens (including phenoxy) is 2. The first-order chi connectivity index (χ1) is 13.6. The topological polar surface area (TPSA) is 93.2 Å². The smallest absolute Gasteiger partial charge is 0.259 e. The van der Waals surface area contributed by atoms with Gasteiger partial charge < -0.3 is 14.4 Å². The molecule has 1 amide bonds. The predicted molar refractivity (Wildman–Crippen MR) is 101 cm³/mol. The van der Waals surface area contributed by atoms with E-state index in [0.717, 1.165) is 31.0 Å². The minimum Gasteiger partial charge on any atom is -0.481 e. The molecular formula is C20H25N5O3. The molecule has 148 valence electrons. The first-order valence-electron chi connectivity index (χ1n) is 9.94. The lowest BCUT2D eigenvalue weighted by Gasteiger charge is -2.41.